The highest BCUT2D eigenvalue weighted by molar-refractivity contribution is 6.49. The van der Waals surface area contributed by atoms with Gasteiger partial charge in [-0.3, -0.25) is 19.8 Å². The minimum Gasteiger partial charge on any atom is -0.460 e. The molecule has 2 saturated heterocycles. The van der Waals surface area contributed by atoms with E-state index in [0.717, 1.165) is 11.1 Å². The molecule has 2 amide bonds. The van der Waals surface area contributed by atoms with Gasteiger partial charge in [-0.05, 0) is 58.5 Å². The molecule has 0 spiro atoms. The molecule has 3 aromatic rings. The number of ether oxygens (including phenoxy) is 2. The summed E-state index contributed by atoms with van der Waals surface area (Å²) in [7, 11) is -0.486. The number of hydrogen-bond acceptors (Lipinski definition) is 9. The van der Waals surface area contributed by atoms with Crippen molar-refractivity contribution in [2.75, 3.05) is 13.1 Å². The second kappa shape index (κ2) is 16.3. The maximum Gasteiger partial charge on any atom is 0.457 e. The zero-order chi connectivity index (χ0) is 37.5. The highest BCUT2D eigenvalue weighted by Gasteiger charge is 2.59. The Morgan fingerprint density at radius 2 is 1.37 bits per heavy atom. The number of rotatable bonds is 14. The van der Waals surface area contributed by atoms with Crippen LogP contribution in [0.3, 0.4) is 0 Å². The molecule has 3 atom stereocenters. The molecule has 0 unspecified atom stereocenters. The van der Waals surface area contributed by atoms with Gasteiger partial charge in [-0.2, -0.15) is 0 Å². The molecular formula is C40H48BN3O8. The highest BCUT2D eigenvalue weighted by atomic mass is 16.7. The second-order valence-electron chi connectivity index (χ2n) is 14.6. The summed E-state index contributed by atoms with van der Waals surface area (Å²) < 4.78 is 23.7. The summed E-state index contributed by atoms with van der Waals surface area (Å²) in [5.41, 5.74) is -1.50. The number of esters is 1. The van der Waals surface area contributed by atoms with Gasteiger partial charge in [0.15, 0.2) is 0 Å². The Kier molecular flexibility index (Phi) is 12.0. The molecule has 0 saturated carbocycles. The van der Waals surface area contributed by atoms with Crippen molar-refractivity contribution in [1.29, 1.82) is 5.41 Å². The highest BCUT2D eigenvalue weighted by Crippen LogP contribution is 2.44. The van der Waals surface area contributed by atoms with Crippen molar-refractivity contribution in [3.63, 3.8) is 0 Å². The fourth-order valence-electron chi connectivity index (χ4n) is 6.72. The molecule has 0 aliphatic carbocycles. The lowest BCUT2D eigenvalue weighted by Gasteiger charge is -2.32. The Bertz CT molecular complexity index is 1720. The van der Waals surface area contributed by atoms with Crippen LogP contribution in [0.15, 0.2) is 91.0 Å². The molecule has 2 heterocycles. The summed E-state index contributed by atoms with van der Waals surface area (Å²) in [6.07, 6.45) is 0.601. The molecule has 5 rings (SSSR count). The number of benzene rings is 3. The molecule has 2 aliphatic rings. The van der Waals surface area contributed by atoms with E-state index in [1.807, 2.05) is 88.4 Å². The lowest BCUT2D eigenvalue weighted by molar-refractivity contribution is -0.154. The maximum atomic E-state index is 14.5. The predicted molar refractivity (Wildman–Crippen MR) is 197 cm³/mol. The Labute approximate surface area is 306 Å². The number of hydrogen-bond donors (Lipinski definition) is 2. The number of carbonyl (C=O) groups excluding carboxylic acids is 4. The van der Waals surface area contributed by atoms with E-state index in [-0.39, 0.29) is 31.9 Å². The van der Waals surface area contributed by atoms with Crippen LogP contribution in [0.25, 0.3) is 0 Å². The first-order valence-corrected chi connectivity index (χ1v) is 17.7. The summed E-state index contributed by atoms with van der Waals surface area (Å²) in [4.78, 5) is 56.6. The number of Topliss-reactive ketones (excluding diaryl/α,β-unsaturated/α-hetero) is 1. The molecule has 52 heavy (non-hydrogen) atoms. The Hall–Kier alpha value is -4.81. The van der Waals surface area contributed by atoms with Crippen LogP contribution >= 0.6 is 0 Å². The monoisotopic (exact) mass is 709 g/mol. The average molecular weight is 710 g/mol. The van der Waals surface area contributed by atoms with Crippen molar-refractivity contribution in [3.05, 3.63) is 108 Å². The first-order chi connectivity index (χ1) is 24.7. The van der Waals surface area contributed by atoms with Crippen LogP contribution < -0.4 is 5.32 Å². The van der Waals surface area contributed by atoms with E-state index in [1.165, 1.54) is 11.8 Å². The van der Waals surface area contributed by atoms with Crippen LogP contribution in [0.2, 0.25) is 6.32 Å². The average Bonchev–Trinajstić information content (AvgIpc) is 3.62. The van der Waals surface area contributed by atoms with Gasteiger partial charge in [-0.1, -0.05) is 97.4 Å². The third-order valence-electron chi connectivity index (χ3n) is 10.4. The minimum absolute atomic E-state index is 0.0251. The third kappa shape index (κ3) is 8.62. The topological polar surface area (TPSA) is 144 Å². The molecule has 0 aromatic heterocycles. The van der Waals surface area contributed by atoms with Crippen LogP contribution in [-0.2, 0) is 41.6 Å². The van der Waals surface area contributed by atoms with Crippen molar-refractivity contribution < 1.29 is 38.0 Å². The quantitative estimate of drug-likeness (QED) is 0.0864. The van der Waals surface area contributed by atoms with Gasteiger partial charge in [0.05, 0.1) is 16.9 Å². The van der Waals surface area contributed by atoms with Crippen molar-refractivity contribution in [2.45, 2.75) is 84.2 Å². The number of alkyl carbamates (subject to hydrolysis) is 1. The summed E-state index contributed by atoms with van der Waals surface area (Å²) in [5, 5.41) is 12.0. The molecule has 2 aliphatic heterocycles. The lowest BCUT2D eigenvalue weighted by atomic mass is 9.69. The molecular weight excluding hydrogens is 661 g/mol. The van der Waals surface area contributed by atoms with Crippen molar-refractivity contribution in [3.8, 4) is 0 Å². The number of likely N-dealkylation sites (tertiary alicyclic amines) is 1. The Morgan fingerprint density at radius 1 is 0.846 bits per heavy atom. The lowest BCUT2D eigenvalue weighted by Crippen LogP contribution is -2.51. The normalized spacial score (nSPS) is 20.9. The number of carbonyl (C=O) groups is 4. The van der Waals surface area contributed by atoms with Crippen LogP contribution in [-0.4, -0.2) is 71.8 Å². The first kappa shape index (κ1) is 38.4. The molecule has 0 radical (unpaired) electrons. The predicted octanol–water partition coefficient (Wildman–Crippen LogP) is 6.26. The standard InChI is InChI=1S/C40H48BN3O8/c1-28(43-37(48)50-26-30-18-11-7-12-19-30)35(46)44-24-32(22-15-23-41-51-38(2,3)39(4,5)52-41)40(27-44,34(42)33(45)31-20-13-8-14-21-31)36(47)49-25-29-16-9-6-10-17-29/h6-14,16-21,28,32,42H,15,22-27H2,1-5H3,(H,43,48)/t28-,32-,40+/m0/s1. The van der Waals surface area contributed by atoms with E-state index in [2.05, 4.69) is 5.32 Å². The largest absolute Gasteiger partial charge is 0.460 e. The van der Waals surface area contributed by atoms with Gasteiger partial charge in [0.2, 0.25) is 11.7 Å². The Morgan fingerprint density at radius 3 is 1.92 bits per heavy atom. The van der Waals surface area contributed by atoms with Gasteiger partial charge in [-0.25, -0.2) is 4.79 Å². The van der Waals surface area contributed by atoms with Gasteiger partial charge in [0.25, 0.3) is 0 Å². The Balaban J connectivity index is 1.40. The van der Waals surface area contributed by atoms with Crippen molar-refractivity contribution in [1.82, 2.24) is 10.2 Å². The SMILES string of the molecule is C[C@H](NC(=O)OCc1ccccc1)C(=O)N1C[C@H](CCCB2OC(C)(C)C(C)(C)O2)[C@](C(=N)C(=O)c2ccccc2)(C(=O)OCc2ccccc2)C1. The van der Waals surface area contributed by atoms with Crippen LogP contribution in [0.4, 0.5) is 4.79 Å². The van der Waals surface area contributed by atoms with E-state index < -0.39 is 65.2 Å². The molecule has 11 nitrogen and oxygen atoms in total. The van der Waals surface area contributed by atoms with Gasteiger partial charge in [0, 0.05) is 24.6 Å². The molecule has 2 N–H and O–H groups in total. The number of nitrogens with one attached hydrogen (secondary N) is 2. The number of ketones is 1. The fourth-order valence-corrected chi connectivity index (χ4v) is 6.72. The molecule has 274 valence electrons. The molecule has 0 bridgehead atoms. The molecule has 12 heteroatoms. The smallest absolute Gasteiger partial charge is 0.457 e. The zero-order valence-electron chi connectivity index (χ0n) is 30.6. The number of amides is 2. The van der Waals surface area contributed by atoms with Gasteiger partial charge < -0.3 is 29.0 Å². The van der Waals surface area contributed by atoms with Crippen molar-refractivity contribution >= 4 is 36.6 Å². The maximum absolute atomic E-state index is 14.5. The van der Waals surface area contributed by atoms with Gasteiger partial charge in [0.1, 0.15) is 24.7 Å². The van der Waals surface area contributed by atoms with E-state index in [0.29, 0.717) is 19.2 Å². The molecule has 3 aromatic carbocycles. The van der Waals surface area contributed by atoms with E-state index in [4.69, 9.17) is 18.8 Å². The third-order valence-corrected chi connectivity index (χ3v) is 10.4. The first-order valence-electron chi connectivity index (χ1n) is 17.7. The van der Waals surface area contributed by atoms with Crippen LogP contribution in [0.1, 0.15) is 68.9 Å². The van der Waals surface area contributed by atoms with Crippen LogP contribution in [0.5, 0.6) is 0 Å². The summed E-state index contributed by atoms with van der Waals surface area (Å²) >= 11 is 0. The van der Waals surface area contributed by atoms with E-state index in [9.17, 15) is 24.6 Å². The fraction of sp³-hybridized carbons (Fsp3) is 0.425. The molecule has 2 fully saturated rings. The number of nitrogens with zero attached hydrogens (tertiary/aromatic N) is 1. The second-order valence-corrected chi connectivity index (χ2v) is 14.6. The van der Waals surface area contributed by atoms with Crippen molar-refractivity contribution in [2.24, 2.45) is 11.3 Å². The zero-order valence-corrected chi connectivity index (χ0v) is 30.6. The van der Waals surface area contributed by atoms with Gasteiger partial charge >= 0.3 is 19.2 Å². The van der Waals surface area contributed by atoms with E-state index >= 15 is 0 Å². The van der Waals surface area contributed by atoms with E-state index in [1.54, 1.807) is 30.3 Å². The summed E-state index contributed by atoms with van der Waals surface area (Å²) in [6.45, 7) is 9.17. The summed E-state index contributed by atoms with van der Waals surface area (Å²) in [5.74, 6) is -2.53. The van der Waals surface area contributed by atoms with Gasteiger partial charge in [-0.15, -0.1) is 0 Å². The summed E-state index contributed by atoms with van der Waals surface area (Å²) in [6, 6.07) is 25.6. The van der Waals surface area contributed by atoms with Crippen LogP contribution in [0, 0.1) is 16.7 Å². The minimum atomic E-state index is -1.79.